The van der Waals surface area contributed by atoms with Crippen molar-refractivity contribution < 1.29 is 14.5 Å². The van der Waals surface area contributed by atoms with Crippen LogP contribution in [-0.4, -0.2) is 41.6 Å². The molecule has 0 saturated carbocycles. The Morgan fingerprint density at radius 1 is 1.42 bits per heavy atom. The van der Waals surface area contributed by atoms with Crippen molar-refractivity contribution in [3.05, 3.63) is 33.9 Å². The van der Waals surface area contributed by atoms with Crippen LogP contribution in [0.2, 0.25) is 0 Å². The van der Waals surface area contributed by atoms with Crippen LogP contribution in [0.1, 0.15) is 24.2 Å². The molecule has 8 nitrogen and oxygen atoms in total. The maximum atomic E-state index is 11.8. The zero-order valence-corrected chi connectivity index (χ0v) is 15.0. The van der Waals surface area contributed by atoms with Gasteiger partial charge in [0.2, 0.25) is 11.8 Å². The van der Waals surface area contributed by atoms with Crippen LogP contribution < -0.4 is 16.4 Å². The quantitative estimate of drug-likeness (QED) is 0.339. The van der Waals surface area contributed by atoms with E-state index in [0.717, 1.165) is 24.4 Å². The Labute approximate surface area is 150 Å². The minimum absolute atomic E-state index is 0. The van der Waals surface area contributed by atoms with Crippen LogP contribution in [0.25, 0.3) is 0 Å². The third kappa shape index (κ3) is 7.16. The molecule has 10 heteroatoms. The second-order valence-corrected chi connectivity index (χ2v) is 5.87. The summed E-state index contributed by atoms with van der Waals surface area (Å²) in [5.41, 5.74) is 4.93. The van der Waals surface area contributed by atoms with Crippen LogP contribution >= 0.6 is 24.2 Å². The summed E-state index contributed by atoms with van der Waals surface area (Å²) in [7, 11) is 0. The van der Waals surface area contributed by atoms with Crippen molar-refractivity contribution >= 4 is 41.7 Å². The highest BCUT2D eigenvalue weighted by molar-refractivity contribution is 8.00. The summed E-state index contributed by atoms with van der Waals surface area (Å²) in [6.07, 6.45) is 0. The van der Waals surface area contributed by atoms with Crippen LogP contribution in [0.15, 0.2) is 23.1 Å². The standard InChI is InChI=1S/C14H20N4O4S.ClH/c1-3-16-9(2)7-17-13(19)8-23-12-5-4-10(14(15)20)6-11(12)18(21)22;/h4-6,9,16H,3,7-8H2,1-2H3,(H2,15,20)(H,17,19);1H/t9-;/m1./s1. The number of nitrogens with zero attached hydrogens (tertiary/aromatic N) is 1. The maximum absolute atomic E-state index is 11.8. The number of hydrogen-bond donors (Lipinski definition) is 3. The predicted octanol–water partition coefficient (Wildman–Crippen LogP) is 1.32. The van der Waals surface area contributed by atoms with Crippen molar-refractivity contribution in [1.82, 2.24) is 10.6 Å². The summed E-state index contributed by atoms with van der Waals surface area (Å²) in [5.74, 6) is -0.900. The SMILES string of the molecule is CCN[C@H](C)CNC(=O)CSc1ccc(C(N)=O)cc1[N+](=O)[O-].Cl. The van der Waals surface area contributed by atoms with Crippen molar-refractivity contribution in [2.24, 2.45) is 5.73 Å². The Morgan fingerprint density at radius 3 is 2.62 bits per heavy atom. The molecule has 0 radical (unpaired) electrons. The Morgan fingerprint density at radius 2 is 2.08 bits per heavy atom. The fraction of sp³-hybridized carbons (Fsp3) is 0.429. The molecule has 2 amide bonds. The van der Waals surface area contributed by atoms with E-state index in [1.807, 2.05) is 13.8 Å². The lowest BCUT2D eigenvalue weighted by molar-refractivity contribution is -0.387. The number of benzene rings is 1. The highest BCUT2D eigenvalue weighted by Crippen LogP contribution is 2.29. The van der Waals surface area contributed by atoms with Crippen molar-refractivity contribution in [3.8, 4) is 0 Å². The Balaban J connectivity index is 0.00000529. The lowest BCUT2D eigenvalue weighted by atomic mass is 10.2. The number of nitrogens with two attached hydrogens (primary N) is 1. The summed E-state index contributed by atoms with van der Waals surface area (Å²) in [5, 5.41) is 17.0. The average molecular weight is 377 g/mol. The molecule has 0 aliphatic carbocycles. The van der Waals surface area contributed by atoms with Crippen molar-refractivity contribution in [3.63, 3.8) is 0 Å². The molecule has 134 valence electrons. The number of carbonyl (C=O) groups is 2. The number of nitro benzene ring substituents is 1. The second kappa shape index (κ2) is 10.8. The van der Waals surface area contributed by atoms with Crippen LogP contribution in [0.4, 0.5) is 5.69 Å². The largest absolute Gasteiger partial charge is 0.366 e. The van der Waals surface area contributed by atoms with Gasteiger partial charge in [-0.3, -0.25) is 19.7 Å². The Bertz CT molecular complexity index is 600. The van der Waals surface area contributed by atoms with Gasteiger partial charge in [0.25, 0.3) is 5.69 Å². The zero-order chi connectivity index (χ0) is 17.4. The molecule has 1 rings (SSSR count). The van der Waals surface area contributed by atoms with Gasteiger partial charge in [0.05, 0.1) is 15.6 Å². The third-order valence-corrected chi connectivity index (χ3v) is 4.02. The number of likely N-dealkylation sites (N-methyl/N-ethyl adjacent to an activating group) is 1. The molecule has 0 fully saturated rings. The maximum Gasteiger partial charge on any atom is 0.283 e. The second-order valence-electron chi connectivity index (χ2n) is 4.86. The summed E-state index contributed by atoms with van der Waals surface area (Å²) in [6, 6.07) is 4.11. The van der Waals surface area contributed by atoms with Crippen molar-refractivity contribution in [1.29, 1.82) is 0 Å². The number of nitrogens with one attached hydrogen (secondary N) is 2. The van der Waals surface area contributed by atoms with Gasteiger partial charge in [0.1, 0.15) is 0 Å². The first kappa shape index (κ1) is 22.2. The van der Waals surface area contributed by atoms with Gasteiger partial charge < -0.3 is 16.4 Å². The summed E-state index contributed by atoms with van der Waals surface area (Å²) < 4.78 is 0. The third-order valence-electron chi connectivity index (χ3n) is 2.96. The molecule has 1 aromatic rings. The van der Waals surface area contributed by atoms with Gasteiger partial charge in [-0.25, -0.2) is 0 Å². The first-order valence-electron chi connectivity index (χ1n) is 7.06. The van der Waals surface area contributed by atoms with Crippen molar-refractivity contribution in [2.75, 3.05) is 18.8 Å². The first-order valence-corrected chi connectivity index (χ1v) is 8.04. The van der Waals surface area contributed by atoms with E-state index in [1.54, 1.807) is 0 Å². The topological polar surface area (TPSA) is 127 Å². The molecule has 0 aliphatic heterocycles. The number of halogens is 1. The van der Waals surface area contributed by atoms with Crippen LogP contribution in [-0.2, 0) is 4.79 Å². The minimum Gasteiger partial charge on any atom is -0.366 e. The minimum atomic E-state index is -0.736. The zero-order valence-electron chi connectivity index (χ0n) is 13.4. The lowest BCUT2D eigenvalue weighted by Gasteiger charge is -2.13. The molecule has 0 unspecified atom stereocenters. The first-order chi connectivity index (χ1) is 10.8. The molecule has 1 atom stereocenters. The van der Waals surface area contributed by atoms with Gasteiger partial charge in [0, 0.05) is 24.2 Å². The smallest absolute Gasteiger partial charge is 0.283 e. The molecule has 0 aliphatic rings. The highest BCUT2D eigenvalue weighted by atomic mass is 35.5. The molecular weight excluding hydrogens is 356 g/mol. The molecule has 0 spiro atoms. The van der Waals surface area contributed by atoms with Crippen LogP contribution in [0.3, 0.4) is 0 Å². The number of nitro groups is 1. The highest BCUT2D eigenvalue weighted by Gasteiger charge is 2.18. The van der Waals surface area contributed by atoms with E-state index in [4.69, 9.17) is 5.73 Å². The molecule has 0 saturated heterocycles. The van der Waals surface area contributed by atoms with Gasteiger partial charge in [-0.05, 0) is 25.6 Å². The number of rotatable bonds is 9. The van der Waals surface area contributed by atoms with Gasteiger partial charge >= 0.3 is 0 Å². The predicted molar refractivity (Wildman–Crippen MR) is 95.7 cm³/mol. The number of amides is 2. The van der Waals surface area contributed by atoms with Gasteiger partial charge in [-0.15, -0.1) is 24.2 Å². The molecule has 1 aromatic carbocycles. The number of hydrogen-bond acceptors (Lipinski definition) is 6. The van der Waals surface area contributed by atoms with E-state index in [9.17, 15) is 19.7 Å². The van der Waals surface area contributed by atoms with Gasteiger partial charge in [0.15, 0.2) is 0 Å². The molecule has 4 N–H and O–H groups in total. The lowest BCUT2D eigenvalue weighted by Crippen LogP contribution is -2.39. The molecule has 0 heterocycles. The van der Waals surface area contributed by atoms with Gasteiger partial charge in [-0.1, -0.05) is 6.92 Å². The monoisotopic (exact) mass is 376 g/mol. The summed E-state index contributed by atoms with van der Waals surface area (Å²) in [6.45, 7) is 5.22. The van der Waals surface area contributed by atoms with Crippen molar-refractivity contribution in [2.45, 2.75) is 24.8 Å². The Hall–Kier alpha value is -1.84. The normalized spacial score (nSPS) is 11.2. The fourth-order valence-electron chi connectivity index (χ4n) is 1.82. The molecular formula is C14H21ClN4O4S. The number of primary amides is 1. The molecule has 0 bridgehead atoms. The van der Waals surface area contributed by atoms with Gasteiger partial charge in [-0.2, -0.15) is 0 Å². The average Bonchev–Trinajstić information content (AvgIpc) is 2.50. The van der Waals surface area contributed by atoms with E-state index in [-0.39, 0.29) is 41.4 Å². The molecule has 24 heavy (non-hydrogen) atoms. The Kier molecular flexibility index (Phi) is 10.0. The fourth-order valence-corrected chi connectivity index (χ4v) is 2.65. The van der Waals surface area contributed by atoms with E-state index < -0.39 is 10.8 Å². The summed E-state index contributed by atoms with van der Waals surface area (Å²) >= 11 is 1.04. The number of carbonyl (C=O) groups excluding carboxylic acids is 2. The summed E-state index contributed by atoms with van der Waals surface area (Å²) in [4.78, 5) is 33.6. The van der Waals surface area contributed by atoms with E-state index >= 15 is 0 Å². The number of thioether (sulfide) groups is 1. The van der Waals surface area contributed by atoms with E-state index in [0.29, 0.717) is 11.4 Å². The molecule has 0 aromatic heterocycles. The van der Waals surface area contributed by atoms with Crippen LogP contribution in [0, 0.1) is 10.1 Å². The van der Waals surface area contributed by atoms with Crippen LogP contribution in [0.5, 0.6) is 0 Å². The van der Waals surface area contributed by atoms with E-state index in [2.05, 4.69) is 10.6 Å². The van der Waals surface area contributed by atoms with E-state index in [1.165, 1.54) is 12.1 Å².